The van der Waals surface area contributed by atoms with Crippen LogP contribution in [0.2, 0.25) is 0 Å². The summed E-state index contributed by atoms with van der Waals surface area (Å²) in [6.07, 6.45) is 9.56. The Morgan fingerprint density at radius 1 is 0.674 bits per heavy atom. The summed E-state index contributed by atoms with van der Waals surface area (Å²) in [6, 6.07) is 1.04. The highest BCUT2D eigenvalue weighted by Gasteiger charge is 2.46. The summed E-state index contributed by atoms with van der Waals surface area (Å²) in [5.41, 5.74) is 0.662. The van der Waals surface area contributed by atoms with Crippen LogP contribution in [0.25, 0.3) is 0 Å². The van der Waals surface area contributed by atoms with E-state index in [0.29, 0.717) is 12.1 Å². The van der Waals surface area contributed by atoms with Crippen LogP contribution < -0.4 is 9.80 Å². The van der Waals surface area contributed by atoms with Crippen LogP contribution in [-0.4, -0.2) is 124 Å². The van der Waals surface area contributed by atoms with Gasteiger partial charge in [-0.05, 0) is 129 Å². The van der Waals surface area contributed by atoms with Crippen molar-refractivity contribution in [3.63, 3.8) is 0 Å². The van der Waals surface area contributed by atoms with E-state index in [1.807, 2.05) is 6.92 Å². The second-order valence-corrected chi connectivity index (χ2v) is 16.7. The third kappa shape index (κ3) is 9.54. The van der Waals surface area contributed by atoms with Crippen molar-refractivity contribution in [2.45, 2.75) is 163 Å². The van der Waals surface area contributed by atoms with E-state index in [1.165, 1.54) is 38.6 Å². The van der Waals surface area contributed by atoms with Gasteiger partial charge in [-0.3, -0.25) is 9.80 Å². The largest absolute Gasteiger partial charge is 0.378 e. The predicted molar refractivity (Wildman–Crippen MR) is 197 cm³/mol. The standard InChI is InChI=1S/C35H66N8O.2CH4/c1-27-36-30(42-19-21-44-22-20-42)38-31(37-27)43(29-25-34(6,7)41(12)35(8,9)26-29)18-16-14-13-15-17-39(10)28-23-32(2,3)40(11)33(4,5)24-28;;/h28-29H,13-26H2,1-12H3;2*1H4. The Labute approximate surface area is 284 Å². The summed E-state index contributed by atoms with van der Waals surface area (Å²) in [6.45, 7) is 26.5. The van der Waals surface area contributed by atoms with Crippen molar-refractivity contribution in [2.75, 3.05) is 70.3 Å². The zero-order valence-electron chi connectivity index (χ0n) is 30.5. The fourth-order valence-corrected chi connectivity index (χ4v) is 8.28. The van der Waals surface area contributed by atoms with Crippen LogP contribution in [0.1, 0.15) is 127 Å². The van der Waals surface area contributed by atoms with Gasteiger partial charge in [0.2, 0.25) is 11.9 Å². The first-order valence-electron chi connectivity index (χ1n) is 17.4. The first kappa shape index (κ1) is 40.6. The van der Waals surface area contributed by atoms with Crippen LogP contribution >= 0.6 is 0 Å². The van der Waals surface area contributed by atoms with E-state index in [9.17, 15) is 0 Å². The predicted octanol–water partition coefficient (Wildman–Crippen LogP) is 6.89. The summed E-state index contributed by atoms with van der Waals surface area (Å²) in [5.74, 6) is 2.46. The highest BCUT2D eigenvalue weighted by molar-refractivity contribution is 5.41. The molecule has 4 heterocycles. The van der Waals surface area contributed by atoms with Gasteiger partial charge in [0.05, 0.1) is 13.2 Å². The Hall–Kier alpha value is -1.55. The minimum atomic E-state index is 0. The number of hydrogen-bond donors (Lipinski definition) is 0. The monoisotopic (exact) mass is 647 g/mol. The van der Waals surface area contributed by atoms with Crippen molar-refractivity contribution in [1.82, 2.24) is 29.7 Å². The van der Waals surface area contributed by atoms with Gasteiger partial charge in [0.1, 0.15) is 5.82 Å². The van der Waals surface area contributed by atoms with Crippen LogP contribution in [0, 0.1) is 6.92 Å². The maximum absolute atomic E-state index is 5.60. The molecule has 0 saturated carbocycles. The molecule has 0 N–H and O–H groups in total. The average molecular weight is 647 g/mol. The van der Waals surface area contributed by atoms with Crippen molar-refractivity contribution in [3.8, 4) is 0 Å². The molecule has 0 spiro atoms. The lowest BCUT2D eigenvalue weighted by molar-refractivity contribution is -0.0426. The fraction of sp³-hybridized carbons (Fsp3) is 0.919. The first-order chi connectivity index (χ1) is 20.4. The summed E-state index contributed by atoms with van der Waals surface area (Å²) in [4.78, 5) is 27.4. The molecule has 9 nitrogen and oxygen atoms in total. The van der Waals surface area contributed by atoms with Gasteiger partial charge in [-0.2, -0.15) is 15.0 Å². The molecule has 0 unspecified atom stereocenters. The van der Waals surface area contributed by atoms with Crippen LogP contribution in [0.5, 0.6) is 0 Å². The van der Waals surface area contributed by atoms with Gasteiger partial charge < -0.3 is 19.4 Å². The minimum absolute atomic E-state index is 0. The lowest BCUT2D eigenvalue weighted by Crippen LogP contribution is -2.63. The van der Waals surface area contributed by atoms with E-state index in [-0.39, 0.29) is 37.0 Å². The van der Waals surface area contributed by atoms with E-state index in [1.54, 1.807) is 0 Å². The molecule has 0 atom stereocenters. The number of unbranched alkanes of at least 4 members (excludes halogenated alkanes) is 3. The van der Waals surface area contributed by atoms with Crippen molar-refractivity contribution >= 4 is 11.9 Å². The molecule has 3 aliphatic rings. The molecule has 1 aromatic rings. The Morgan fingerprint density at radius 3 is 1.63 bits per heavy atom. The lowest BCUT2D eigenvalue weighted by Gasteiger charge is -2.55. The SMILES string of the molecule is C.C.Cc1nc(N2CCOCC2)nc(N(CCCCCCN(C)C2CC(C)(C)N(C)C(C)(C)C2)C2CC(C)(C)N(C)C(C)(C)C2)n1. The molecule has 0 aromatic carbocycles. The van der Waals surface area contributed by atoms with Gasteiger partial charge in [0.15, 0.2) is 0 Å². The van der Waals surface area contributed by atoms with Crippen molar-refractivity contribution < 1.29 is 4.74 Å². The number of anilines is 2. The van der Waals surface area contributed by atoms with Gasteiger partial charge in [-0.25, -0.2) is 0 Å². The summed E-state index contributed by atoms with van der Waals surface area (Å²) < 4.78 is 5.60. The van der Waals surface area contributed by atoms with Gasteiger partial charge in [-0.1, -0.05) is 27.7 Å². The molecule has 3 saturated heterocycles. The molecule has 3 fully saturated rings. The number of ether oxygens (including phenoxy) is 1. The fourth-order valence-electron chi connectivity index (χ4n) is 8.28. The molecule has 0 aliphatic carbocycles. The number of nitrogens with zero attached hydrogens (tertiary/aromatic N) is 8. The molecule has 4 rings (SSSR count). The molecular formula is C37H74N8O. The molecule has 268 valence electrons. The van der Waals surface area contributed by atoms with E-state index < -0.39 is 0 Å². The quantitative estimate of drug-likeness (QED) is 0.239. The third-order valence-corrected chi connectivity index (χ3v) is 11.6. The Balaban J connectivity index is 0.00000368. The highest BCUT2D eigenvalue weighted by Crippen LogP contribution is 2.40. The van der Waals surface area contributed by atoms with Crippen molar-refractivity contribution in [2.24, 2.45) is 0 Å². The second kappa shape index (κ2) is 15.8. The molecule has 46 heavy (non-hydrogen) atoms. The smallest absolute Gasteiger partial charge is 0.230 e. The van der Waals surface area contributed by atoms with Gasteiger partial charge in [0.25, 0.3) is 0 Å². The minimum Gasteiger partial charge on any atom is -0.378 e. The zero-order valence-corrected chi connectivity index (χ0v) is 30.5. The molecule has 0 amide bonds. The average Bonchev–Trinajstić information content (AvgIpc) is 2.93. The third-order valence-electron chi connectivity index (χ3n) is 11.6. The molecule has 1 aromatic heterocycles. The Kier molecular flexibility index (Phi) is 13.9. The summed E-state index contributed by atoms with van der Waals surface area (Å²) in [7, 11) is 6.94. The van der Waals surface area contributed by atoms with E-state index >= 15 is 0 Å². The normalized spacial score (nSPS) is 23.5. The number of rotatable bonds is 11. The summed E-state index contributed by atoms with van der Waals surface area (Å²) >= 11 is 0. The molecule has 0 radical (unpaired) electrons. The Bertz CT molecular complexity index is 1050. The summed E-state index contributed by atoms with van der Waals surface area (Å²) in [5, 5.41) is 0. The number of aromatic nitrogens is 3. The number of morpholine rings is 1. The zero-order chi connectivity index (χ0) is 32.5. The van der Waals surface area contributed by atoms with Gasteiger partial charge in [-0.15, -0.1) is 0 Å². The van der Waals surface area contributed by atoms with Crippen molar-refractivity contribution in [1.29, 1.82) is 0 Å². The number of likely N-dealkylation sites (tertiary alicyclic amines) is 2. The molecule has 0 bridgehead atoms. The van der Waals surface area contributed by atoms with Crippen molar-refractivity contribution in [3.05, 3.63) is 5.82 Å². The second-order valence-electron chi connectivity index (χ2n) is 16.7. The number of hydrogen-bond acceptors (Lipinski definition) is 9. The molecule has 9 heteroatoms. The van der Waals surface area contributed by atoms with E-state index in [2.05, 4.69) is 101 Å². The van der Waals surface area contributed by atoms with E-state index in [4.69, 9.17) is 19.7 Å². The van der Waals surface area contributed by atoms with Crippen LogP contribution in [0.3, 0.4) is 0 Å². The topological polar surface area (TPSA) is 64.1 Å². The molecular weight excluding hydrogens is 572 g/mol. The molecule has 3 aliphatic heterocycles. The van der Waals surface area contributed by atoms with Gasteiger partial charge >= 0.3 is 0 Å². The first-order valence-corrected chi connectivity index (χ1v) is 17.4. The van der Waals surface area contributed by atoms with E-state index in [0.717, 1.165) is 69.8 Å². The number of aryl methyl sites for hydroxylation is 1. The maximum atomic E-state index is 5.60. The van der Waals surface area contributed by atoms with Crippen LogP contribution in [0.15, 0.2) is 0 Å². The highest BCUT2D eigenvalue weighted by atomic mass is 16.5. The van der Waals surface area contributed by atoms with Crippen LogP contribution in [-0.2, 0) is 4.74 Å². The Morgan fingerprint density at radius 2 is 1.13 bits per heavy atom. The van der Waals surface area contributed by atoms with Gasteiger partial charge in [0, 0.05) is 53.9 Å². The van der Waals surface area contributed by atoms with Crippen LogP contribution in [0.4, 0.5) is 11.9 Å². The number of piperidine rings is 2. The maximum Gasteiger partial charge on any atom is 0.230 e. The lowest BCUT2D eigenvalue weighted by atomic mass is 9.77.